The highest BCUT2D eigenvalue weighted by Crippen LogP contribution is 2.39. The number of amides is 3. The van der Waals surface area contributed by atoms with Crippen LogP contribution >= 0.6 is 11.8 Å². The van der Waals surface area contributed by atoms with Gasteiger partial charge >= 0.3 is 6.18 Å². The first-order valence-electron chi connectivity index (χ1n) is 15.5. The normalized spacial score (nSPS) is 12.0. The molecule has 3 N–H and O–H groups in total. The first kappa shape index (κ1) is 36.3. The average molecular weight is 712 g/mol. The molecule has 12 heteroatoms. The average Bonchev–Trinajstić information content (AvgIpc) is 3.14. The van der Waals surface area contributed by atoms with Crippen molar-refractivity contribution in [3.63, 3.8) is 0 Å². The number of benzene rings is 5. The number of para-hydroxylation sites is 1. The largest absolute Gasteiger partial charge is 0.493 e. The molecule has 0 aliphatic carbocycles. The maximum absolute atomic E-state index is 13.7. The van der Waals surface area contributed by atoms with E-state index in [4.69, 9.17) is 9.47 Å². The molecule has 1 atom stereocenters. The Kier molecular flexibility index (Phi) is 11.8. The van der Waals surface area contributed by atoms with Crippen molar-refractivity contribution in [2.45, 2.75) is 16.3 Å². The third-order valence-corrected chi connectivity index (χ3v) is 8.67. The summed E-state index contributed by atoms with van der Waals surface area (Å²) in [6, 6.07) is 33.5. The zero-order chi connectivity index (χ0) is 36.4. The number of carbonyl (C=O) groups is 3. The van der Waals surface area contributed by atoms with Gasteiger partial charge in [0.25, 0.3) is 11.8 Å². The standard InChI is InChI=1S/C39H32F3N3O5S/c1-49-33-21-20-25(23-34(33)50-2)22-32(45-36(46)27-14-7-4-8-15-27)37(47)43-28-16-11-17-29(24-28)51-35(26-12-5-3-6-13-26)38(48)44-31-19-10-9-18-30(31)39(40,41)42/h3-24,35H,1-2H3,(H,43,47)(H,44,48)(H,45,46)/b32-22+. The van der Waals surface area contributed by atoms with Crippen LogP contribution in [0.2, 0.25) is 0 Å². The van der Waals surface area contributed by atoms with Gasteiger partial charge in [-0.05, 0) is 71.8 Å². The Morgan fingerprint density at radius 1 is 0.725 bits per heavy atom. The number of halogens is 3. The van der Waals surface area contributed by atoms with E-state index in [1.54, 1.807) is 103 Å². The third-order valence-electron chi connectivity index (χ3n) is 7.42. The molecule has 0 radical (unpaired) electrons. The molecule has 0 saturated heterocycles. The van der Waals surface area contributed by atoms with Crippen molar-refractivity contribution < 1.29 is 37.0 Å². The summed E-state index contributed by atoms with van der Waals surface area (Å²) in [4.78, 5) is 41.0. The monoisotopic (exact) mass is 711 g/mol. The summed E-state index contributed by atoms with van der Waals surface area (Å²) >= 11 is 1.10. The second kappa shape index (κ2) is 16.6. The summed E-state index contributed by atoms with van der Waals surface area (Å²) in [5, 5.41) is 6.99. The number of rotatable bonds is 12. The molecule has 0 aliphatic rings. The highest BCUT2D eigenvalue weighted by Gasteiger charge is 2.34. The van der Waals surface area contributed by atoms with Crippen LogP contribution in [0, 0.1) is 0 Å². The predicted octanol–water partition coefficient (Wildman–Crippen LogP) is 8.60. The molecular formula is C39H32F3N3O5S. The van der Waals surface area contributed by atoms with Gasteiger partial charge in [0.2, 0.25) is 5.91 Å². The van der Waals surface area contributed by atoms with Gasteiger partial charge < -0.3 is 25.4 Å². The van der Waals surface area contributed by atoms with Crippen molar-refractivity contribution in [2.24, 2.45) is 0 Å². The fraction of sp³-hybridized carbons (Fsp3) is 0.103. The highest BCUT2D eigenvalue weighted by atomic mass is 32.2. The fourth-order valence-corrected chi connectivity index (χ4v) is 6.06. The Labute approximate surface area is 296 Å². The maximum atomic E-state index is 13.7. The molecule has 0 saturated carbocycles. The first-order chi connectivity index (χ1) is 24.5. The van der Waals surface area contributed by atoms with E-state index in [1.807, 2.05) is 0 Å². The second-order valence-corrected chi connectivity index (χ2v) is 12.1. The van der Waals surface area contributed by atoms with Crippen LogP contribution in [-0.4, -0.2) is 31.9 Å². The SMILES string of the molecule is COc1ccc(/C=C(/NC(=O)c2ccccc2)C(=O)Nc2cccc(SC(C(=O)Nc3ccccc3C(F)(F)F)c3ccccc3)c2)cc1OC. The van der Waals surface area contributed by atoms with Crippen LogP contribution in [0.15, 0.2) is 138 Å². The number of hydrogen-bond donors (Lipinski definition) is 3. The maximum Gasteiger partial charge on any atom is 0.418 e. The number of anilines is 2. The van der Waals surface area contributed by atoms with Crippen molar-refractivity contribution >= 4 is 46.9 Å². The molecule has 5 rings (SSSR count). The van der Waals surface area contributed by atoms with Gasteiger partial charge in [0.15, 0.2) is 11.5 Å². The molecule has 260 valence electrons. The van der Waals surface area contributed by atoms with Crippen molar-refractivity contribution in [1.29, 1.82) is 0 Å². The molecular weight excluding hydrogens is 680 g/mol. The molecule has 1 unspecified atom stereocenters. The van der Waals surface area contributed by atoms with Gasteiger partial charge in [0.05, 0.1) is 25.5 Å². The van der Waals surface area contributed by atoms with E-state index in [9.17, 15) is 27.6 Å². The van der Waals surface area contributed by atoms with Gasteiger partial charge in [-0.1, -0.05) is 72.8 Å². The number of thioether (sulfide) groups is 1. The first-order valence-corrected chi connectivity index (χ1v) is 16.3. The number of ether oxygens (including phenoxy) is 2. The quantitative estimate of drug-likeness (QED) is 0.0885. The van der Waals surface area contributed by atoms with E-state index in [2.05, 4.69) is 16.0 Å². The number of nitrogens with one attached hydrogen (secondary N) is 3. The van der Waals surface area contributed by atoms with Crippen molar-refractivity contribution in [1.82, 2.24) is 5.32 Å². The van der Waals surface area contributed by atoms with Gasteiger partial charge in [-0.2, -0.15) is 13.2 Å². The van der Waals surface area contributed by atoms with E-state index >= 15 is 0 Å². The molecule has 0 spiro atoms. The van der Waals surface area contributed by atoms with Crippen LogP contribution in [0.4, 0.5) is 24.5 Å². The lowest BCUT2D eigenvalue weighted by molar-refractivity contribution is -0.137. The fourth-order valence-electron chi connectivity index (χ4n) is 4.97. The lowest BCUT2D eigenvalue weighted by atomic mass is 10.1. The Bertz CT molecular complexity index is 2040. The number of hydrogen-bond acceptors (Lipinski definition) is 6. The molecule has 0 fully saturated rings. The van der Waals surface area contributed by atoms with Crippen LogP contribution in [-0.2, 0) is 15.8 Å². The van der Waals surface area contributed by atoms with Crippen LogP contribution in [0.25, 0.3) is 6.08 Å². The Hall–Kier alpha value is -6.01. The Balaban J connectivity index is 1.41. The van der Waals surface area contributed by atoms with Crippen LogP contribution in [0.5, 0.6) is 11.5 Å². The van der Waals surface area contributed by atoms with E-state index in [0.717, 1.165) is 17.8 Å². The summed E-state index contributed by atoms with van der Waals surface area (Å²) in [7, 11) is 2.98. The lowest BCUT2D eigenvalue weighted by Crippen LogP contribution is -2.30. The molecule has 8 nitrogen and oxygen atoms in total. The van der Waals surface area contributed by atoms with Crippen molar-refractivity contribution in [3.8, 4) is 11.5 Å². The molecule has 0 aromatic heterocycles. The highest BCUT2D eigenvalue weighted by molar-refractivity contribution is 8.00. The minimum Gasteiger partial charge on any atom is -0.493 e. The van der Waals surface area contributed by atoms with Gasteiger partial charge in [-0.25, -0.2) is 0 Å². The summed E-state index contributed by atoms with van der Waals surface area (Å²) in [5.41, 5.74) is 0.387. The molecule has 5 aromatic carbocycles. The molecule has 5 aromatic rings. The van der Waals surface area contributed by atoms with E-state index in [1.165, 1.54) is 38.5 Å². The predicted molar refractivity (Wildman–Crippen MR) is 192 cm³/mol. The number of alkyl halides is 3. The van der Waals surface area contributed by atoms with Crippen LogP contribution < -0.4 is 25.4 Å². The molecule has 0 aliphatic heterocycles. The second-order valence-electron chi connectivity index (χ2n) is 10.9. The molecule has 3 amide bonds. The zero-order valence-electron chi connectivity index (χ0n) is 27.4. The minimum atomic E-state index is -4.67. The summed E-state index contributed by atoms with van der Waals surface area (Å²) < 4.78 is 51.8. The van der Waals surface area contributed by atoms with Gasteiger partial charge in [0.1, 0.15) is 10.9 Å². The lowest BCUT2D eigenvalue weighted by Gasteiger charge is -2.19. The smallest absolute Gasteiger partial charge is 0.418 e. The summed E-state index contributed by atoms with van der Waals surface area (Å²) in [5.74, 6) is -0.914. The molecule has 0 heterocycles. The number of methoxy groups -OCH3 is 2. The van der Waals surface area contributed by atoms with Crippen LogP contribution in [0.1, 0.15) is 32.3 Å². The summed E-state index contributed by atoms with van der Waals surface area (Å²) in [6.07, 6.45) is -3.18. The zero-order valence-corrected chi connectivity index (χ0v) is 28.2. The van der Waals surface area contributed by atoms with Crippen molar-refractivity contribution in [2.75, 3.05) is 24.9 Å². The van der Waals surface area contributed by atoms with E-state index in [0.29, 0.717) is 38.8 Å². The van der Waals surface area contributed by atoms with Crippen molar-refractivity contribution in [3.05, 3.63) is 155 Å². The Morgan fingerprint density at radius 2 is 1.39 bits per heavy atom. The van der Waals surface area contributed by atoms with Crippen LogP contribution in [0.3, 0.4) is 0 Å². The topological polar surface area (TPSA) is 106 Å². The van der Waals surface area contributed by atoms with E-state index in [-0.39, 0.29) is 11.4 Å². The Morgan fingerprint density at radius 3 is 2.08 bits per heavy atom. The van der Waals surface area contributed by atoms with E-state index < -0.39 is 34.7 Å². The summed E-state index contributed by atoms with van der Waals surface area (Å²) in [6.45, 7) is 0. The van der Waals surface area contributed by atoms with Gasteiger partial charge in [-0.15, -0.1) is 11.8 Å². The third kappa shape index (κ3) is 9.58. The van der Waals surface area contributed by atoms with Gasteiger partial charge in [0, 0.05) is 16.1 Å². The molecule has 51 heavy (non-hydrogen) atoms. The molecule has 0 bridgehead atoms. The number of carbonyl (C=O) groups excluding carboxylic acids is 3. The minimum absolute atomic E-state index is 0.0704. The van der Waals surface area contributed by atoms with Gasteiger partial charge in [-0.3, -0.25) is 14.4 Å².